The molecule has 1 atom stereocenters. The zero-order chi connectivity index (χ0) is 11.2. The summed E-state index contributed by atoms with van der Waals surface area (Å²) in [6.45, 7) is 5.18. The molecule has 1 aromatic rings. The summed E-state index contributed by atoms with van der Waals surface area (Å²) in [5, 5.41) is 0. The van der Waals surface area contributed by atoms with E-state index in [4.69, 9.17) is 0 Å². The fourth-order valence-electron chi connectivity index (χ4n) is 3.80. The number of hydrogen-bond donors (Lipinski definition) is 0. The SMILES string of the molecule is C[C@@H]1CC2(c3ccccc3)CC[N+]1(C)CC2. The van der Waals surface area contributed by atoms with Crippen molar-refractivity contribution in [1.82, 2.24) is 0 Å². The summed E-state index contributed by atoms with van der Waals surface area (Å²) < 4.78 is 1.31. The summed E-state index contributed by atoms with van der Waals surface area (Å²) in [6.07, 6.45) is 4.16. The van der Waals surface area contributed by atoms with Gasteiger partial charge in [-0.3, -0.25) is 0 Å². The highest BCUT2D eigenvalue weighted by Gasteiger charge is 2.51. The first-order valence-electron chi connectivity index (χ1n) is 6.54. The van der Waals surface area contributed by atoms with E-state index in [1.807, 2.05) is 0 Å². The summed E-state index contributed by atoms with van der Waals surface area (Å²) in [7, 11) is 2.44. The van der Waals surface area contributed by atoms with E-state index in [9.17, 15) is 0 Å². The van der Waals surface area contributed by atoms with Crippen LogP contribution in [0.5, 0.6) is 0 Å². The van der Waals surface area contributed by atoms with Crippen molar-refractivity contribution in [1.29, 1.82) is 0 Å². The lowest BCUT2D eigenvalue weighted by Gasteiger charge is -2.57. The molecule has 1 nitrogen and oxygen atoms in total. The number of nitrogens with zero attached hydrogens (tertiary/aromatic N) is 1. The lowest BCUT2D eigenvalue weighted by molar-refractivity contribution is -0.947. The van der Waals surface area contributed by atoms with Gasteiger partial charge in [-0.25, -0.2) is 0 Å². The largest absolute Gasteiger partial charge is 0.324 e. The van der Waals surface area contributed by atoms with Gasteiger partial charge in [0.2, 0.25) is 0 Å². The van der Waals surface area contributed by atoms with Crippen LogP contribution in [-0.4, -0.2) is 30.7 Å². The molecule has 0 N–H and O–H groups in total. The van der Waals surface area contributed by atoms with Crippen LogP contribution in [0.3, 0.4) is 0 Å². The fraction of sp³-hybridized carbons (Fsp3) is 0.600. The zero-order valence-electron chi connectivity index (χ0n) is 10.4. The minimum atomic E-state index is 0.511. The van der Waals surface area contributed by atoms with Crippen molar-refractivity contribution in [2.24, 2.45) is 0 Å². The quantitative estimate of drug-likeness (QED) is 0.633. The van der Waals surface area contributed by atoms with Gasteiger partial charge in [-0.2, -0.15) is 0 Å². The molecule has 0 amide bonds. The van der Waals surface area contributed by atoms with E-state index < -0.39 is 0 Å². The molecular formula is C15H22N+. The predicted molar refractivity (Wildman–Crippen MR) is 67.4 cm³/mol. The Morgan fingerprint density at radius 2 is 1.75 bits per heavy atom. The van der Waals surface area contributed by atoms with E-state index in [-0.39, 0.29) is 0 Å². The third-order valence-electron chi connectivity index (χ3n) is 5.34. The molecule has 0 radical (unpaired) electrons. The summed E-state index contributed by atoms with van der Waals surface area (Å²) >= 11 is 0. The smallest absolute Gasteiger partial charge is 0.0868 e. The van der Waals surface area contributed by atoms with E-state index in [1.54, 1.807) is 5.56 Å². The van der Waals surface area contributed by atoms with Crippen molar-refractivity contribution < 1.29 is 4.48 Å². The van der Waals surface area contributed by atoms with Crippen LogP contribution in [0, 0.1) is 0 Å². The van der Waals surface area contributed by atoms with Crippen molar-refractivity contribution in [3.8, 4) is 0 Å². The average Bonchev–Trinajstić information content (AvgIpc) is 2.33. The minimum Gasteiger partial charge on any atom is -0.324 e. The Hall–Kier alpha value is -0.820. The Labute approximate surface area is 98.7 Å². The first kappa shape index (κ1) is 10.3. The normalized spacial score (nSPS) is 42.2. The molecule has 3 aliphatic heterocycles. The molecule has 3 heterocycles. The van der Waals surface area contributed by atoms with E-state index in [0.29, 0.717) is 5.41 Å². The number of quaternary nitrogens is 1. The Kier molecular flexibility index (Phi) is 2.16. The molecule has 16 heavy (non-hydrogen) atoms. The van der Waals surface area contributed by atoms with Crippen molar-refractivity contribution in [2.75, 3.05) is 20.1 Å². The van der Waals surface area contributed by atoms with E-state index in [0.717, 1.165) is 6.04 Å². The van der Waals surface area contributed by atoms with Gasteiger partial charge in [-0.05, 0) is 12.5 Å². The second-order valence-corrected chi connectivity index (χ2v) is 6.13. The molecule has 3 fully saturated rings. The van der Waals surface area contributed by atoms with Gasteiger partial charge in [0, 0.05) is 24.7 Å². The minimum absolute atomic E-state index is 0.511. The van der Waals surface area contributed by atoms with Crippen LogP contribution in [0.1, 0.15) is 31.7 Å². The van der Waals surface area contributed by atoms with Gasteiger partial charge in [0.25, 0.3) is 0 Å². The molecule has 0 aromatic heterocycles. The summed E-state index contributed by atoms with van der Waals surface area (Å²) in [5.74, 6) is 0. The van der Waals surface area contributed by atoms with Crippen molar-refractivity contribution in [3.63, 3.8) is 0 Å². The molecule has 1 aromatic carbocycles. The Bertz CT molecular complexity index is 374. The van der Waals surface area contributed by atoms with Crippen LogP contribution in [0.25, 0.3) is 0 Å². The number of piperidine rings is 3. The van der Waals surface area contributed by atoms with Crippen LogP contribution in [0.15, 0.2) is 30.3 Å². The number of benzene rings is 1. The summed E-state index contributed by atoms with van der Waals surface area (Å²) in [5.41, 5.74) is 2.10. The highest BCUT2D eigenvalue weighted by atomic mass is 15.4. The number of hydrogen-bond acceptors (Lipinski definition) is 0. The molecule has 0 aliphatic carbocycles. The van der Waals surface area contributed by atoms with Crippen molar-refractivity contribution >= 4 is 0 Å². The van der Waals surface area contributed by atoms with Crippen LogP contribution >= 0.6 is 0 Å². The van der Waals surface area contributed by atoms with Crippen molar-refractivity contribution in [2.45, 2.75) is 37.6 Å². The topological polar surface area (TPSA) is 0 Å². The molecule has 1 heteroatoms. The second-order valence-electron chi connectivity index (χ2n) is 6.13. The molecule has 4 rings (SSSR count). The maximum absolute atomic E-state index is 2.44. The summed E-state index contributed by atoms with van der Waals surface area (Å²) in [4.78, 5) is 0. The van der Waals surface area contributed by atoms with E-state index in [2.05, 4.69) is 44.3 Å². The lowest BCUT2D eigenvalue weighted by atomic mass is 9.64. The average molecular weight is 216 g/mol. The van der Waals surface area contributed by atoms with Crippen LogP contribution in [-0.2, 0) is 5.41 Å². The number of rotatable bonds is 1. The first-order valence-corrected chi connectivity index (χ1v) is 6.54. The molecular weight excluding hydrogens is 194 g/mol. The van der Waals surface area contributed by atoms with Gasteiger partial charge >= 0.3 is 0 Å². The van der Waals surface area contributed by atoms with E-state index >= 15 is 0 Å². The molecule has 0 unspecified atom stereocenters. The first-order chi connectivity index (χ1) is 7.65. The predicted octanol–water partition coefficient (Wildman–Crippen LogP) is 2.96. The maximum Gasteiger partial charge on any atom is 0.0868 e. The van der Waals surface area contributed by atoms with Gasteiger partial charge in [-0.15, -0.1) is 0 Å². The second kappa shape index (κ2) is 3.33. The highest BCUT2D eigenvalue weighted by Crippen LogP contribution is 2.48. The van der Waals surface area contributed by atoms with Crippen LogP contribution in [0.4, 0.5) is 0 Å². The Balaban J connectivity index is 1.97. The van der Waals surface area contributed by atoms with Crippen LogP contribution < -0.4 is 0 Å². The monoisotopic (exact) mass is 216 g/mol. The third-order valence-corrected chi connectivity index (χ3v) is 5.34. The molecule has 0 saturated carbocycles. The highest BCUT2D eigenvalue weighted by molar-refractivity contribution is 5.27. The molecule has 3 aliphatic rings. The lowest BCUT2D eigenvalue weighted by Crippen LogP contribution is -2.65. The standard InChI is InChI=1S/C15H22N/c1-13-12-15(14-6-4-3-5-7-14)8-10-16(13,2)11-9-15/h3-7,13H,8-12H2,1-2H3/q+1/t13-,15?,16?/m1/s1. The Morgan fingerprint density at radius 1 is 1.12 bits per heavy atom. The van der Waals surface area contributed by atoms with Gasteiger partial charge < -0.3 is 4.48 Å². The Morgan fingerprint density at radius 3 is 2.31 bits per heavy atom. The maximum atomic E-state index is 2.44. The molecule has 0 spiro atoms. The van der Waals surface area contributed by atoms with Gasteiger partial charge in [-0.1, -0.05) is 30.3 Å². The van der Waals surface area contributed by atoms with Gasteiger partial charge in [0.15, 0.2) is 0 Å². The fourth-order valence-corrected chi connectivity index (χ4v) is 3.80. The third kappa shape index (κ3) is 1.34. The number of fused-ring (bicyclic) bond motifs is 3. The van der Waals surface area contributed by atoms with Gasteiger partial charge in [0.05, 0.1) is 26.2 Å². The van der Waals surface area contributed by atoms with Crippen molar-refractivity contribution in [3.05, 3.63) is 35.9 Å². The van der Waals surface area contributed by atoms with Gasteiger partial charge in [0.1, 0.15) is 0 Å². The molecule has 3 saturated heterocycles. The summed E-state index contributed by atoms with van der Waals surface area (Å²) in [6, 6.07) is 12.1. The van der Waals surface area contributed by atoms with E-state index in [1.165, 1.54) is 36.8 Å². The zero-order valence-corrected chi connectivity index (χ0v) is 10.4. The molecule has 86 valence electrons. The molecule has 2 bridgehead atoms. The van der Waals surface area contributed by atoms with Crippen LogP contribution in [0.2, 0.25) is 0 Å².